The quantitative estimate of drug-likeness (QED) is 0.392. The molecule has 0 saturated heterocycles. The van der Waals surface area contributed by atoms with E-state index in [1.165, 1.54) is 11.3 Å². The largest absolute Gasteiger partial charge is 0.466 e. The highest BCUT2D eigenvalue weighted by Crippen LogP contribution is 2.32. The Kier molecular flexibility index (Phi) is 5.73. The van der Waals surface area contributed by atoms with Gasteiger partial charge in [0.15, 0.2) is 5.65 Å². The average Bonchev–Trinajstić information content (AvgIpc) is 3.30. The van der Waals surface area contributed by atoms with Crippen molar-refractivity contribution in [3.63, 3.8) is 0 Å². The molecule has 0 aliphatic heterocycles. The summed E-state index contributed by atoms with van der Waals surface area (Å²) in [5, 5.41) is 1.56. The molecule has 0 N–H and O–H groups in total. The molecule has 3 aromatic heterocycles. The molecule has 4 aromatic rings. The van der Waals surface area contributed by atoms with Crippen LogP contribution in [0.15, 0.2) is 47.2 Å². The number of hydrogen-bond acceptors (Lipinski definition) is 8. The van der Waals surface area contributed by atoms with E-state index >= 15 is 0 Å². The molecule has 0 fully saturated rings. The van der Waals surface area contributed by atoms with Crippen LogP contribution in [0, 0.1) is 0 Å². The van der Waals surface area contributed by atoms with E-state index in [2.05, 4.69) is 14.9 Å². The third-order valence-corrected chi connectivity index (χ3v) is 5.31. The molecule has 150 valence electrons. The van der Waals surface area contributed by atoms with Crippen molar-refractivity contribution in [1.29, 1.82) is 0 Å². The minimum Gasteiger partial charge on any atom is -0.466 e. The Labute approximate surface area is 171 Å². The molecule has 0 unspecified atom stereocenters. The van der Waals surface area contributed by atoms with Gasteiger partial charge in [0.05, 0.1) is 24.0 Å². The number of aromatic nitrogens is 2. The van der Waals surface area contributed by atoms with Gasteiger partial charge in [-0.1, -0.05) is 11.3 Å². The number of nitrogens with zero attached hydrogens (tertiary/aromatic N) is 3. The normalized spacial score (nSPS) is 11.4. The Balaban J connectivity index is 1.43. The van der Waals surface area contributed by atoms with Crippen LogP contribution in [0.4, 0.5) is 0 Å². The Hall–Kier alpha value is -2.97. The first-order chi connectivity index (χ1) is 14.1. The molecule has 0 amide bonds. The van der Waals surface area contributed by atoms with Gasteiger partial charge < -0.3 is 18.8 Å². The zero-order chi connectivity index (χ0) is 20.2. The Bertz CT molecular complexity index is 1100. The fourth-order valence-electron chi connectivity index (χ4n) is 3.03. The minimum absolute atomic E-state index is 0.178. The number of thiazole rings is 1. The SMILES string of the molecule is CCOC(=O)CCN(C)Cc1coc2cc(Oc3nc4ncccc4s3)ccc12. The van der Waals surface area contributed by atoms with E-state index < -0.39 is 0 Å². The highest BCUT2D eigenvalue weighted by atomic mass is 32.1. The van der Waals surface area contributed by atoms with Gasteiger partial charge in [-0.15, -0.1) is 0 Å². The van der Waals surface area contributed by atoms with Crippen LogP contribution in [0.25, 0.3) is 21.3 Å². The maximum Gasteiger partial charge on any atom is 0.307 e. The van der Waals surface area contributed by atoms with Crippen LogP contribution in [0.2, 0.25) is 0 Å². The van der Waals surface area contributed by atoms with Crippen molar-refractivity contribution in [2.45, 2.75) is 19.9 Å². The molecule has 0 aliphatic carbocycles. The van der Waals surface area contributed by atoms with Gasteiger partial charge in [-0.2, -0.15) is 4.98 Å². The van der Waals surface area contributed by atoms with Crippen molar-refractivity contribution in [3.8, 4) is 10.9 Å². The van der Waals surface area contributed by atoms with E-state index in [0.29, 0.717) is 42.7 Å². The van der Waals surface area contributed by atoms with Gasteiger partial charge in [0.1, 0.15) is 11.3 Å². The molecule has 0 atom stereocenters. The number of pyridine rings is 1. The van der Waals surface area contributed by atoms with Gasteiger partial charge in [-0.3, -0.25) is 4.79 Å². The van der Waals surface area contributed by atoms with Crippen molar-refractivity contribution in [2.24, 2.45) is 0 Å². The number of esters is 1. The minimum atomic E-state index is -0.178. The first-order valence-electron chi connectivity index (χ1n) is 9.36. The van der Waals surface area contributed by atoms with Gasteiger partial charge in [0, 0.05) is 36.3 Å². The molecule has 0 saturated carbocycles. The predicted octanol–water partition coefficient (Wildman–Crippen LogP) is 4.61. The summed E-state index contributed by atoms with van der Waals surface area (Å²) in [7, 11) is 1.97. The van der Waals surface area contributed by atoms with Gasteiger partial charge in [-0.05, 0) is 38.2 Å². The monoisotopic (exact) mass is 411 g/mol. The van der Waals surface area contributed by atoms with Crippen LogP contribution in [0.1, 0.15) is 18.9 Å². The fraction of sp³-hybridized carbons (Fsp3) is 0.286. The smallest absolute Gasteiger partial charge is 0.307 e. The van der Waals surface area contributed by atoms with Crippen LogP contribution >= 0.6 is 11.3 Å². The second-order valence-corrected chi connectivity index (χ2v) is 7.61. The molecular weight excluding hydrogens is 390 g/mol. The molecule has 4 rings (SSSR count). The van der Waals surface area contributed by atoms with E-state index in [1.807, 2.05) is 44.3 Å². The number of benzene rings is 1. The first kappa shape index (κ1) is 19.4. The summed E-state index contributed by atoms with van der Waals surface area (Å²) in [6, 6.07) is 9.59. The standard InChI is InChI=1S/C21H21N3O4S/c1-3-26-19(25)8-10-24(2)12-14-13-27-17-11-15(6-7-16(14)17)28-21-23-20-18(29-21)5-4-9-22-20/h4-7,9,11,13H,3,8,10,12H2,1-2H3. The van der Waals surface area contributed by atoms with E-state index in [4.69, 9.17) is 13.9 Å². The summed E-state index contributed by atoms with van der Waals surface area (Å²) >= 11 is 1.45. The zero-order valence-corrected chi connectivity index (χ0v) is 17.1. The summed E-state index contributed by atoms with van der Waals surface area (Å²) in [5.74, 6) is 0.483. The van der Waals surface area contributed by atoms with Crippen LogP contribution in [0.3, 0.4) is 0 Å². The lowest BCUT2D eigenvalue weighted by Gasteiger charge is -2.15. The van der Waals surface area contributed by atoms with Crippen LogP contribution in [-0.4, -0.2) is 41.0 Å². The van der Waals surface area contributed by atoms with Gasteiger partial charge in [-0.25, -0.2) is 4.98 Å². The average molecular weight is 411 g/mol. The number of fused-ring (bicyclic) bond motifs is 2. The lowest BCUT2D eigenvalue weighted by molar-refractivity contribution is -0.143. The van der Waals surface area contributed by atoms with E-state index in [1.54, 1.807) is 12.5 Å². The fourth-order valence-corrected chi connectivity index (χ4v) is 3.82. The van der Waals surface area contributed by atoms with E-state index in [-0.39, 0.29) is 5.97 Å². The molecule has 7 nitrogen and oxygen atoms in total. The van der Waals surface area contributed by atoms with Crippen molar-refractivity contribution in [3.05, 3.63) is 48.4 Å². The number of carbonyl (C=O) groups is 1. The summed E-state index contributed by atoms with van der Waals surface area (Å²) in [6.45, 7) is 3.52. The topological polar surface area (TPSA) is 77.7 Å². The highest BCUT2D eigenvalue weighted by molar-refractivity contribution is 7.20. The van der Waals surface area contributed by atoms with E-state index in [9.17, 15) is 4.79 Å². The van der Waals surface area contributed by atoms with Crippen molar-refractivity contribution in [2.75, 3.05) is 20.2 Å². The number of furan rings is 1. The van der Waals surface area contributed by atoms with Gasteiger partial charge >= 0.3 is 5.97 Å². The number of rotatable bonds is 8. The van der Waals surface area contributed by atoms with Crippen molar-refractivity contribution < 1.29 is 18.7 Å². The number of carbonyl (C=O) groups excluding carboxylic acids is 1. The molecule has 3 heterocycles. The zero-order valence-electron chi connectivity index (χ0n) is 16.3. The van der Waals surface area contributed by atoms with Crippen molar-refractivity contribution in [1.82, 2.24) is 14.9 Å². The summed E-state index contributed by atoms with van der Waals surface area (Å²) < 4.78 is 17.6. The van der Waals surface area contributed by atoms with Crippen molar-refractivity contribution >= 4 is 38.6 Å². The third kappa shape index (κ3) is 4.55. The van der Waals surface area contributed by atoms with Crippen LogP contribution in [0.5, 0.6) is 10.9 Å². The second kappa shape index (κ2) is 8.59. The Morgan fingerprint density at radius 2 is 2.21 bits per heavy atom. The Morgan fingerprint density at radius 1 is 1.31 bits per heavy atom. The summed E-state index contributed by atoms with van der Waals surface area (Å²) in [5.41, 5.74) is 2.48. The van der Waals surface area contributed by atoms with Crippen LogP contribution in [-0.2, 0) is 16.1 Å². The maximum absolute atomic E-state index is 11.5. The summed E-state index contributed by atoms with van der Waals surface area (Å²) in [4.78, 5) is 22.2. The molecule has 0 aliphatic rings. The second-order valence-electron chi connectivity index (χ2n) is 6.62. The molecule has 8 heteroatoms. The molecule has 1 aromatic carbocycles. The van der Waals surface area contributed by atoms with Crippen LogP contribution < -0.4 is 4.74 Å². The molecule has 0 bridgehead atoms. The molecule has 29 heavy (non-hydrogen) atoms. The third-order valence-electron chi connectivity index (χ3n) is 4.42. The predicted molar refractivity (Wildman–Crippen MR) is 111 cm³/mol. The van der Waals surface area contributed by atoms with E-state index in [0.717, 1.165) is 21.2 Å². The molecular formula is C21H21N3O4S. The van der Waals surface area contributed by atoms with Gasteiger partial charge in [0.2, 0.25) is 0 Å². The lowest BCUT2D eigenvalue weighted by atomic mass is 10.1. The number of ether oxygens (including phenoxy) is 2. The maximum atomic E-state index is 11.5. The van der Waals surface area contributed by atoms with Gasteiger partial charge in [0.25, 0.3) is 5.19 Å². The molecule has 0 radical (unpaired) electrons. The summed E-state index contributed by atoms with van der Waals surface area (Å²) in [6.07, 6.45) is 3.83. The number of hydrogen-bond donors (Lipinski definition) is 0. The lowest BCUT2D eigenvalue weighted by Crippen LogP contribution is -2.22. The Morgan fingerprint density at radius 3 is 3.03 bits per heavy atom. The molecule has 0 spiro atoms. The highest BCUT2D eigenvalue weighted by Gasteiger charge is 2.12. The first-order valence-corrected chi connectivity index (χ1v) is 10.2.